The fourth-order valence-corrected chi connectivity index (χ4v) is 9.07. The third-order valence-electron chi connectivity index (χ3n) is 11.7. The van der Waals surface area contributed by atoms with Gasteiger partial charge in [-0.2, -0.15) is 5.10 Å². The minimum absolute atomic E-state index is 0.0166. The molecule has 2 atom stereocenters. The van der Waals surface area contributed by atoms with Crippen molar-refractivity contribution < 1.29 is 22.7 Å². The Morgan fingerprint density at radius 1 is 0.982 bits per heavy atom. The summed E-state index contributed by atoms with van der Waals surface area (Å²) in [5.74, 6) is -0.0459. The van der Waals surface area contributed by atoms with E-state index in [1.165, 1.54) is 35.3 Å². The van der Waals surface area contributed by atoms with E-state index < -0.39 is 17.7 Å². The predicted octanol–water partition coefficient (Wildman–Crippen LogP) is 4.97. The zero-order valence-corrected chi connectivity index (χ0v) is 30.8. The van der Waals surface area contributed by atoms with E-state index in [-0.39, 0.29) is 23.5 Å². The fourth-order valence-electron chi connectivity index (χ4n) is 9.07. The van der Waals surface area contributed by atoms with Gasteiger partial charge in [0.2, 0.25) is 5.91 Å². The van der Waals surface area contributed by atoms with Crippen molar-refractivity contribution in [2.24, 2.45) is 5.41 Å². The summed E-state index contributed by atoms with van der Waals surface area (Å²) in [6.07, 6.45) is 4.86. The Morgan fingerprint density at radius 3 is 2.68 bits per heavy atom. The highest BCUT2D eigenvalue weighted by Crippen LogP contribution is 2.38. The van der Waals surface area contributed by atoms with Crippen molar-refractivity contribution in [2.45, 2.75) is 44.8 Å². The van der Waals surface area contributed by atoms with Crippen molar-refractivity contribution in [3.05, 3.63) is 84.3 Å². The Morgan fingerprint density at radius 2 is 1.86 bits per heavy atom. The Hall–Kier alpha value is -5.61. The van der Waals surface area contributed by atoms with E-state index in [0.717, 1.165) is 56.7 Å². The number of rotatable bonds is 6. The molecule has 0 radical (unpaired) electrons. The first-order chi connectivity index (χ1) is 27.2. The Balaban J connectivity index is 1.02. The highest BCUT2D eigenvalue weighted by molar-refractivity contribution is 5.94. The second-order valence-corrected chi connectivity index (χ2v) is 15.6. The average Bonchev–Trinajstić information content (AvgIpc) is 3.85. The number of amides is 1. The summed E-state index contributed by atoms with van der Waals surface area (Å²) in [5, 5.41) is 8.53. The monoisotopic (exact) mass is 763 g/mol. The van der Waals surface area contributed by atoms with Gasteiger partial charge in [-0.25, -0.2) is 37.8 Å². The largest absolute Gasteiger partial charge is 0.380 e. The molecule has 288 valence electrons. The maximum Gasteiger partial charge on any atom is 0.245 e. The van der Waals surface area contributed by atoms with E-state index in [1.54, 1.807) is 6.20 Å². The van der Waals surface area contributed by atoms with Crippen LogP contribution in [0.2, 0.25) is 0 Å². The van der Waals surface area contributed by atoms with Crippen molar-refractivity contribution in [1.29, 1.82) is 0 Å². The first kappa shape index (κ1) is 34.8. The van der Waals surface area contributed by atoms with Gasteiger partial charge < -0.3 is 29.3 Å². The lowest BCUT2D eigenvalue weighted by Gasteiger charge is -2.55. The SMILES string of the molecule is Cc1nc2cc(F)cc3c2n1CCCN(CCCN1CC2(COC2)C1)C(=O)[C@@H]1C[C@@H](CN1c1ncnc2c1cnn2-c1ccc(F)cc1F)Nc1cccc-3n1. The summed E-state index contributed by atoms with van der Waals surface area (Å²) in [6, 6.07) is 11.1. The lowest BCUT2D eigenvalue weighted by molar-refractivity contribution is -0.188. The van der Waals surface area contributed by atoms with Gasteiger partial charge in [0, 0.05) is 68.4 Å². The zero-order valence-electron chi connectivity index (χ0n) is 30.8. The van der Waals surface area contributed by atoms with Crippen molar-refractivity contribution in [3.8, 4) is 16.9 Å². The minimum Gasteiger partial charge on any atom is -0.380 e. The molecule has 56 heavy (non-hydrogen) atoms. The van der Waals surface area contributed by atoms with Gasteiger partial charge >= 0.3 is 0 Å². The molecule has 3 saturated heterocycles. The number of nitrogens with one attached hydrogen (secondary N) is 1. The number of hydrogen-bond donors (Lipinski definition) is 1. The van der Waals surface area contributed by atoms with Gasteiger partial charge in [0.15, 0.2) is 11.5 Å². The summed E-state index contributed by atoms with van der Waals surface area (Å²) < 4.78 is 52.8. The van der Waals surface area contributed by atoms with E-state index in [1.807, 2.05) is 34.9 Å². The van der Waals surface area contributed by atoms with E-state index in [9.17, 15) is 8.78 Å². The molecule has 0 aliphatic carbocycles. The van der Waals surface area contributed by atoms with Crippen LogP contribution in [0.25, 0.3) is 39.0 Å². The quantitative estimate of drug-likeness (QED) is 0.249. The number of benzene rings is 2. The number of aromatic nitrogens is 7. The molecule has 1 N–H and O–H groups in total. The molecule has 4 aliphatic heterocycles. The van der Waals surface area contributed by atoms with Crippen LogP contribution in [0.5, 0.6) is 0 Å². The molecule has 4 aromatic heterocycles. The molecule has 4 aliphatic rings. The standard InChI is InChI=1S/C40H40F3N11O2/c1-24-47-32-15-26(42)13-28-31-5-2-6-35(49-31)48-27-16-34(39(55)51(11-4-12-52(24)36(28)32)10-3-9-50-19-40(20-50)21-56-22-40)53(18-27)37-29-17-46-54(38(29)45-23-44-37)33-8-7-25(41)14-30(33)43/h2,5-8,13-15,17,23,27,34H,3-4,9-12,16,18-22H2,1H3,(H,48,49)/t27-,34-/m0/s1. The van der Waals surface area contributed by atoms with E-state index in [0.29, 0.717) is 83.9 Å². The number of hydrogen-bond acceptors (Lipinski definition) is 10. The lowest BCUT2D eigenvalue weighted by atomic mass is 9.78. The Labute approximate surface area is 320 Å². The fraction of sp³-hybridized carbons (Fsp3) is 0.400. The van der Waals surface area contributed by atoms with E-state index in [4.69, 9.17) is 14.7 Å². The summed E-state index contributed by atoms with van der Waals surface area (Å²) in [6.45, 7) is 8.54. The third kappa shape index (κ3) is 6.02. The summed E-state index contributed by atoms with van der Waals surface area (Å²) in [7, 11) is 0. The summed E-state index contributed by atoms with van der Waals surface area (Å²) >= 11 is 0. The number of likely N-dealkylation sites (tertiary alicyclic amines) is 1. The van der Waals surface area contributed by atoms with Gasteiger partial charge in [-0.05, 0) is 63.1 Å². The Bertz CT molecular complexity index is 2490. The number of aryl methyl sites for hydroxylation is 2. The van der Waals surface area contributed by atoms with Crippen LogP contribution >= 0.6 is 0 Å². The Kier molecular flexibility index (Phi) is 8.43. The minimum atomic E-state index is -0.779. The molecule has 3 fully saturated rings. The van der Waals surface area contributed by atoms with Crippen LogP contribution < -0.4 is 10.2 Å². The molecular formula is C40H40F3N11O2. The van der Waals surface area contributed by atoms with Gasteiger partial charge in [-0.1, -0.05) is 6.07 Å². The van der Waals surface area contributed by atoms with Gasteiger partial charge in [-0.3, -0.25) is 4.79 Å². The third-order valence-corrected chi connectivity index (χ3v) is 11.7. The second kappa shape index (κ2) is 13.5. The first-order valence-corrected chi connectivity index (χ1v) is 19.1. The molecule has 1 amide bonds. The van der Waals surface area contributed by atoms with Crippen molar-refractivity contribution in [3.63, 3.8) is 0 Å². The van der Waals surface area contributed by atoms with Crippen molar-refractivity contribution in [2.75, 3.05) is 62.7 Å². The average molecular weight is 764 g/mol. The van der Waals surface area contributed by atoms with Crippen LogP contribution in [0, 0.1) is 29.8 Å². The topological polar surface area (TPSA) is 122 Å². The van der Waals surface area contributed by atoms with Gasteiger partial charge in [0.1, 0.15) is 47.2 Å². The van der Waals surface area contributed by atoms with Crippen LogP contribution in [0.3, 0.4) is 0 Å². The maximum absolute atomic E-state index is 15.1. The summed E-state index contributed by atoms with van der Waals surface area (Å²) in [5.41, 5.74) is 3.33. The van der Waals surface area contributed by atoms with Gasteiger partial charge in [0.25, 0.3) is 0 Å². The lowest BCUT2D eigenvalue weighted by Crippen LogP contribution is -2.66. The van der Waals surface area contributed by atoms with Crippen molar-refractivity contribution in [1.82, 2.24) is 44.1 Å². The molecule has 6 aromatic rings. The van der Waals surface area contributed by atoms with Crippen LogP contribution in [-0.4, -0.2) is 115 Å². The second-order valence-electron chi connectivity index (χ2n) is 15.6. The highest BCUT2D eigenvalue weighted by Gasteiger charge is 2.48. The zero-order chi connectivity index (χ0) is 38.1. The molecule has 13 nitrogen and oxygen atoms in total. The van der Waals surface area contributed by atoms with Crippen LogP contribution in [0.4, 0.5) is 24.8 Å². The van der Waals surface area contributed by atoms with Crippen molar-refractivity contribution >= 4 is 39.6 Å². The molecule has 0 unspecified atom stereocenters. The smallest absolute Gasteiger partial charge is 0.245 e. The molecule has 8 heterocycles. The molecular weight excluding hydrogens is 724 g/mol. The number of imidazole rings is 1. The normalized spacial score (nSPS) is 20.9. The number of fused-ring (bicyclic) bond motifs is 6. The van der Waals surface area contributed by atoms with Crippen LogP contribution in [0.1, 0.15) is 25.1 Å². The van der Waals surface area contributed by atoms with Crippen LogP contribution in [0.15, 0.2) is 61.1 Å². The highest BCUT2D eigenvalue weighted by atomic mass is 19.1. The molecule has 16 heteroatoms. The first-order valence-electron chi connectivity index (χ1n) is 19.1. The summed E-state index contributed by atoms with van der Waals surface area (Å²) in [4.78, 5) is 40.2. The number of carbonyl (C=O) groups excluding carboxylic acids is 1. The molecule has 4 bridgehead atoms. The molecule has 1 spiro atoms. The van der Waals surface area contributed by atoms with Crippen LogP contribution in [-0.2, 0) is 16.1 Å². The maximum atomic E-state index is 15.1. The molecule has 10 rings (SSSR count). The number of carbonyl (C=O) groups is 1. The van der Waals surface area contributed by atoms with E-state index in [2.05, 4.69) is 29.9 Å². The number of anilines is 2. The molecule has 0 saturated carbocycles. The predicted molar refractivity (Wildman–Crippen MR) is 203 cm³/mol. The van der Waals surface area contributed by atoms with Gasteiger partial charge in [0.05, 0.1) is 41.5 Å². The van der Waals surface area contributed by atoms with Gasteiger partial charge in [-0.15, -0.1) is 0 Å². The number of pyridine rings is 1. The number of nitrogens with zero attached hydrogens (tertiary/aromatic N) is 10. The molecule has 2 aromatic carbocycles. The van der Waals surface area contributed by atoms with E-state index >= 15 is 9.18 Å². The number of ether oxygens (including phenoxy) is 1. The number of halogens is 3.